The summed E-state index contributed by atoms with van der Waals surface area (Å²) in [5.41, 5.74) is -1.29. The molecule has 2 N–H and O–H groups in total. The summed E-state index contributed by atoms with van der Waals surface area (Å²) in [6.45, 7) is 5.84. The molecule has 0 aromatic rings. The van der Waals surface area contributed by atoms with Crippen LogP contribution in [0, 0.1) is 0 Å². The van der Waals surface area contributed by atoms with Crippen molar-refractivity contribution in [2.24, 2.45) is 0 Å². The maximum Gasteiger partial charge on any atom is 0.251 e. The molecule has 0 heterocycles. The van der Waals surface area contributed by atoms with Gasteiger partial charge in [-0.15, -0.1) is 0 Å². The monoisotopic (exact) mass is 202 g/mol. The second-order valence-corrected chi connectivity index (χ2v) is 4.53. The summed E-state index contributed by atoms with van der Waals surface area (Å²) in [6.07, 6.45) is 0.884. The van der Waals surface area contributed by atoms with Gasteiger partial charge in [0.1, 0.15) is 5.60 Å². The van der Waals surface area contributed by atoms with Crippen LogP contribution in [-0.2, 0) is 4.79 Å². The Bertz CT molecular complexity index is 185. The largest absolute Gasteiger partial charge is 0.381 e. The fourth-order valence-electron chi connectivity index (χ4n) is 0.924. The van der Waals surface area contributed by atoms with Gasteiger partial charge in [0, 0.05) is 6.04 Å². The van der Waals surface area contributed by atoms with Crippen LogP contribution >= 0.6 is 0 Å². The van der Waals surface area contributed by atoms with E-state index in [4.69, 9.17) is 0 Å². The Balaban J connectivity index is 3.83. The van der Waals surface area contributed by atoms with Crippen LogP contribution in [0.2, 0.25) is 0 Å². The molecule has 0 rings (SSSR count). The number of carbonyl (C=O) groups is 1. The number of nitrogens with one attached hydrogen (secondary N) is 1. The Morgan fingerprint density at radius 2 is 2.00 bits per heavy atom. The van der Waals surface area contributed by atoms with E-state index in [2.05, 4.69) is 10.2 Å². The Hall–Kier alpha value is -0.610. The highest BCUT2D eigenvalue weighted by atomic mass is 16.3. The minimum atomic E-state index is -1.29. The van der Waals surface area contributed by atoms with E-state index in [1.165, 1.54) is 13.8 Å². The van der Waals surface area contributed by atoms with Crippen molar-refractivity contribution < 1.29 is 9.90 Å². The molecule has 0 aliphatic rings. The quantitative estimate of drug-likeness (QED) is 0.670. The zero-order valence-corrected chi connectivity index (χ0v) is 9.79. The summed E-state index contributed by atoms with van der Waals surface area (Å²) in [7, 11) is 3.98. The van der Waals surface area contributed by atoms with Crippen molar-refractivity contribution in [1.82, 2.24) is 10.2 Å². The first kappa shape index (κ1) is 13.4. The molecule has 1 atom stereocenters. The lowest BCUT2D eigenvalue weighted by Gasteiger charge is -2.21. The molecule has 0 spiro atoms. The minimum Gasteiger partial charge on any atom is -0.381 e. The number of hydrogen-bond donors (Lipinski definition) is 2. The van der Waals surface area contributed by atoms with Crippen molar-refractivity contribution in [3.05, 3.63) is 0 Å². The third-order valence-corrected chi connectivity index (χ3v) is 1.94. The van der Waals surface area contributed by atoms with E-state index in [0.29, 0.717) is 0 Å². The van der Waals surface area contributed by atoms with Crippen LogP contribution < -0.4 is 5.32 Å². The zero-order chi connectivity index (χ0) is 11.4. The van der Waals surface area contributed by atoms with Gasteiger partial charge in [0.15, 0.2) is 0 Å². The molecule has 1 amide bonds. The summed E-state index contributed by atoms with van der Waals surface area (Å²) in [5, 5.41) is 12.1. The number of aliphatic hydroxyl groups is 1. The van der Waals surface area contributed by atoms with Crippen molar-refractivity contribution in [2.75, 3.05) is 20.6 Å². The molecular formula is C10H22N2O2. The minimum absolute atomic E-state index is 0.0938. The van der Waals surface area contributed by atoms with E-state index in [1.54, 1.807) is 0 Å². The third kappa shape index (κ3) is 5.94. The van der Waals surface area contributed by atoms with Crippen molar-refractivity contribution in [2.45, 2.75) is 38.8 Å². The van der Waals surface area contributed by atoms with Crippen LogP contribution in [0.3, 0.4) is 0 Å². The average molecular weight is 202 g/mol. The molecule has 0 bridgehead atoms. The summed E-state index contributed by atoms with van der Waals surface area (Å²) >= 11 is 0. The van der Waals surface area contributed by atoms with Gasteiger partial charge in [0.25, 0.3) is 5.91 Å². The summed E-state index contributed by atoms with van der Waals surface area (Å²) in [5.74, 6) is -0.316. The van der Waals surface area contributed by atoms with Gasteiger partial charge in [-0.05, 0) is 47.8 Å². The van der Waals surface area contributed by atoms with Gasteiger partial charge in [-0.3, -0.25) is 4.79 Å². The second kappa shape index (κ2) is 5.32. The van der Waals surface area contributed by atoms with Gasteiger partial charge < -0.3 is 15.3 Å². The van der Waals surface area contributed by atoms with Crippen molar-refractivity contribution in [1.29, 1.82) is 0 Å². The molecule has 0 fully saturated rings. The van der Waals surface area contributed by atoms with Gasteiger partial charge in [-0.2, -0.15) is 0 Å². The van der Waals surface area contributed by atoms with E-state index in [-0.39, 0.29) is 11.9 Å². The lowest BCUT2D eigenvalue weighted by molar-refractivity contribution is -0.137. The summed E-state index contributed by atoms with van der Waals surface area (Å²) in [6, 6.07) is 0.0938. The van der Waals surface area contributed by atoms with Crippen molar-refractivity contribution >= 4 is 5.91 Å². The topological polar surface area (TPSA) is 52.6 Å². The smallest absolute Gasteiger partial charge is 0.251 e. The molecule has 4 nitrogen and oxygen atoms in total. The van der Waals surface area contributed by atoms with Gasteiger partial charge in [-0.25, -0.2) is 0 Å². The Labute approximate surface area is 86.3 Å². The van der Waals surface area contributed by atoms with Crippen LogP contribution in [0.4, 0.5) is 0 Å². The number of hydrogen-bond acceptors (Lipinski definition) is 3. The number of rotatable bonds is 5. The predicted molar refractivity (Wildman–Crippen MR) is 57.1 cm³/mol. The first-order valence-corrected chi connectivity index (χ1v) is 4.91. The van der Waals surface area contributed by atoms with Crippen LogP contribution in [0.25, 0.3) is 0 Å². The summed E-state index contributed by atoms with van der Waals surface area (Å²) < 4.78 is 0. The highest BCUT2D eigenvalue weighted by molar-refractivity contribution is 5.84. The Morgan fingerprint density at radius 1 is 1.50 bits per heavy atom. The standard InChI is InChI=1S/C10H22N2O2/c1-8(6-7-12(4)5)11-9(13)10(2,3)14/h8,14H,6-7H2,1-5H3,(H,11,13). The number of nitrogens with zero attached hydrogens (tertiary/aromatic N) is 1. The SMILES string of the molecule is CC(CCN(C)C)NC(=O)C(C)(C)O. The van der Waals surface area contributed by atoms with Crippen LogP contribution in [0.1, 0.15) is 27.2 Å². The molecule has 0 saturated carbocycles. The molecule has 84 valence electrons. The van der Waals surface area contributed by atoms with E-state index in [1.807, 2.05) is 21.0 Å². The third-order valence-electron chi connectivity index (χ3n) is 1.94. The fourth-order valence-corrected chi connectivity index (χ4v) is 0.924. The van der Waals surface area contributed by atoms with E-state index in [9.17, 15) is 9.90 Å². The molecule has 4 heteroatoms. The Morgan fingerprint density at radius 3 is 2.36 bits per heavy atom. The first-order chi connectivity index (χ1) is 6.23. The normalized spacial score (nSPS) is 14.2. The molecule has 1 unspecified atom stereocenters. The van der Waals surface area contributed by atoms with Crippen LogP contribution in [-0.4, -0.2) is 48.2 Å². The van der Waals surface area contributed by atoms with E-state index < -0.39 is 5.60 Å². The number of carbonyl (C=O) groups excluding carboxylic acids is 1. The number of amides is 1. The maximum absolute atomic E-state index is 11.3. The van der Waals surface area contributed by atoms with Crippen LogP contribution in [0.15, 0.2) is 0 Å². The molecule has 0 aromatic carbocycles. The molecule has 0 aliphatic carbocycles. The molecule has 0 radical (unpaired) electrons. The average Bonchev–Trinajstić information content (AvgIpc) is 1.99. The first-order valence-electron chi connectivity index (χ1n) is 4.91. The van der Waals surface area contributed by atoms with E-state index in [0.717, 1.165) is 13.0 Å². The maximum atomic E-state index is 11.3. The fraction of sp³-hybridized carbons (Fsp3) is 0.900. The van der Waals surface area contributed by atoms with E-state index >= 15 is 0 Å². The van der Waals surface area contributed by atoms with Gasteiger partial charge in [-0.1, -0.05) is 0 Å². The lowest BCUT2D eigenvalue weighted by atomic mass is 10.1. The second-order valence-electron chi connectivity index (χ2n) is 4.53. The Kier molecular flexibility index (Phi) is 5.08. The summed E-state index contributed by atoms with van der Waals surface area (Å²) in [4.78, 5) is 13.4. The van der Waals surface area contributed by atoms with Crippen molar-refractivity contribution in [3.63, 3.8) is 0 Å². The molecule has 14 heavy (non-hydrogen) atoms. The molecule has 0 aromatic heterocycles. The predicted octanol–water partition coefficient (Wildman–Crippen LogP) is 0.214. The van der Waals surface area contributed by atoms with Crippen LogP contribution in [0.5, 0.6) is 0 Å². The highest BCUT2D eigenvalue weighted by Gasteiger charge is 2.24. The molecule has 0 aliphatic heterocycles. The molecule has 0 saturated heterocycles. The molecular weight excluding hydrogens is 180 g/mol. The van der Waals surface area contributed by atoms with Gasteiger partial charge in [0.2, 0.25) is 0 Å². The zero-order valence-electron chi connectivity index (χ0n) is 9.79. The lowest BCUT2D eigenvalue weighted by Crippen LogP contribution is -2.46. The van der Waals surface area contributed by atoms with Crippen molar-refractivity contribution in [3.8, 4) is 0 Å². The van der Waals surface area contributed by atoms with Gasteiger partial charge in [0.05, 0.1) is 0 Å². The highest BCUT2D eigenvalue weighted by Crippen LogP contribution is 2.02. The van der Waals surface area contributed by atoms with Gasteiger partial charge >= 0.3 is 0 Å².